The molecule has 2 aromatic carbocycles. The van der Waals surface area contributed by atoms with E-state index in [4.69, 9.17) is 16.2 Å². The van der Waals surface area contributed by atoms with E-state index in [1.54, 1.807) is 0 Å². The van der Waals surface area contributed by atoms with Crippen LogP contribution in [0.5, 0.6) is 11.5 Å². The molecule has 4 N–H and O–H groups in total. The van der Waals surface area contributed by atoms with Crippen LogP contribution in [0.3, 0.4) is 0 Å². The minimum atomic E-state index is 0.247. The number of nitrogen functional groups attached to an aromatic ring is 1. The van der Waals surface area contributed by atoms with Crippen molar-refractivity contribution >= 4 is 17.0 Å². The van der Waals surface area contributed by atoms with Crippen molar-refractivity contribution in [2.24, 2.45) is 5.73 Å². The lowest BCUT2D eigenvalue weighted by Gasteiger charge is -2.18. The lowest BCUT2D eigenvalue weighted by Crippen LogP contribution is -2.15. The Morgan fingerprint density at radius 2 is 1.91 bits per heavy atom. The molecule has 0 saturated heterocycles. The first-order valence-electron chi connectivity index (χ1n) is 7.93. The zero-order valence-corrected chi connectivity index (χ0v) is 13.3. The van der Waals surface area contributed by atoms with Crippen LogP contribution >= 0.6 is 0 Å². The third kappa shape index (κ3) is 3.14. The molecule has 3 aromatic rings. The van der Waals surface area contributed by atoms with Crippen LogP contribution in [0.2, 0.25) is 0 Å². The second kappa shape index (κ2) is 6.71. The van der Waals surface area contributed by atoms with E-state index >= 15 is 0 Å². The highest BCUT2D eigenvalue weighted by atomic mass is 16.5. The van der Waals surface area contributed by atoms with Crippen molar-refractivity contribution in [2.75, 3.05) is 12.3 Å². The topological polar surface area (TPSA) is 79.1 Å². The van der Waals surface area contributed by atoms with Gasteiger partial charge in [-0.2, -0.15) is 0 Å². The molecule has 5 nitrogen and oxygen atoms in total. The number of ether oxygens (including phenoxy) is 1. The van der Waals surface area contributed by atoms with Crippen LogP contribution < -0.4 is 16.2 Å². The third-order valence-corrected chi connectivity index (χ3v) is 4.00. The van der Waals surface area contributed by atoms with Gasteiger partial charge in [0.25, 0.3) is 0 Å². The summed E-state index contributed by atoms with van der Waals surface area (Å²) in [5, 5.41) is 0. The van der Waals surface area contributed by atoms with Crippen molar-refractivity contribution in [3.63, 3.8) is 0 Å². The minimum absolute atomic E-state index is 0.247. The maximum Gasteiger partial charge on any atom is 0.201 e. The number of fused-ring (bicyclic) bond motifs is 1. The molecule has 3 rings (SSSR count). The lowest BCUT2D eigenvalue weighted by atomic mass is 10.1. The van der Waals surface area contributed by atoms with Gasteiger partial charge in [0.2, 0.25) is 5.95 Å². The van der Waals surface area contributed by atoms with Crippen LogP contribution in [-0.2, 0) is 0 Å². The number of rotatable bonds is 6. The second-order valence-electron chi connectivity index (χ2n) is 5.55. The molecule has 23 heavy (non-hydrogen) atoms. The third-order valence-electron chi connectivity index (χ3n) is 4.00. The molecule has 1 aromatic heterocycles. The van der Waals surface area contributed by atoms with Gasteiger partial charge < -0.3 is 20.8 Å². The molecule has 120 valence electrons. The highest BCUT2D eigenvalue weighted by Gasteiger charge is 2.16. The highest BCUT2D eigenvalue weighted by molar-refractivity contribution is 5.80. The van der Waals surface area contributed by atoms with E-state index in [0.717, 1.165) is 35.4 Å². The summed E-state index contributed by atoms with van der Waals surface area (Å²) in [5.74, 6) is 2.10. The van der Waals surface area contributed by atoms with Gasteiger partial charge in [0.05, 0.1) is 11.0 Å². The molecule has 0 amide bonds. The molecule has 0 saturated carbocycles. The first kappa shape index (κ1) is 15.4. The molecule has 1 atom stereocenters. The smallest absolute Gasteiger partial charge is 0.201 e. The summed E-state index contributed by atoms with van der Waals surface area (Å²) in [5.41, 5.74) is 13.7. The number of anilines is 1. The van der Waals surface area contributed by atoms with E-state index in [-0.39, 0.29) is 6.04 Å². The van der Waals surface area contributed by atoms with Gasteiger partial charge in [-0.25, -0.2) is 4.98 Å². The van der Waals surface area contributed by atoms with Crippen LogP contribution in [0, 0.1) is 0 Å². The van der Waals surface area contributed by atoms with Gasteiger partial charge in [0, 0.05) is 12.1 Å². The molecule has 0 radical (unpaired) electrons. The Kier molecular flexibility index (Phi) is 4.48. The SMILES string of the molecule is CCC(CCN)n1c(N)nc2ccc(Oc3ccccc3)cc21. The van der Waals surface area contributed by atoms with Gasteiger partial charge >= 0.3 is 0 Å². The lowest BCUT2D eigenvalue weighted by molar-refractivity contribution is 0.470. The number of para-hydroxylation sites is 1. The van der Waals surface area contributed by atoms with E-state index < -0.39 is 0 Å². The van der Waals surface area contributed by atoms with Gasteiger partial charge in [-0.15, -0.1) is 0 Å². The number of hydrogen-bond acceptors (Lipinski definition) is 4. The number of benzene rings is 2. The maximum atomic E-state index is 6.13. The molecular weight excluding hydrogens is 288 g/mol. The number of nitrogens with zero attached hydrogens (tertiary/aromatic N) is 2. The predicted octanol–water partition coefficient (Wildman–Crippen LogP) is 3.71. The van der Waals surface area contributed by atoms with Crippen molar-refractivity contribution in [1.29, 1.82) is 0 Å². The average molecular weight is 310 g/mol. The Balaban J connectivity index is 2.00. The van der Waals surface area contributed by atoms with E-state index in [2.05, 4.69) is 16.5 Å². The van der Waals surface area contributed by atoms with Crippen LogP contribution in [0.4, 0.5) is 5.95 Å². The fourth-order valence-electron chi connectivity index (χ4n) is 2.87. The van der Waals surface area contributed by atoms with Crippen LogP contribution in [0.1, 0.15) is 25.8 Å². The van der Waals surface area contributed by atoms with Gasteiger partial charge in [-0.1, -0.05) is 25.1 Å². The molecule has 5 heteroatoms. The summed E-state index contributed by atoms with van der Waals surface area (Å²) in [6.45, 7) is 2.76. The molecule has 0 bridgehead atoms. The Morgan fingerprint density at radius 1 is 1.13 bits per heavy atom. The number of aromatic nitrogens is 2. The Hall–Kier alpha value is -2.53. The van der Waals surface area contributed by atoms with Crippen molar-refractivity contribution < 1.29 is 4.74 Å². The molecule has 0 aliphatic carbocycles. The van der Waals surface area contributed by atoms with Crippen molar-refractivity contribution in [1.82, 2.24) is 9.55 Å². The fraction of sp³-hybridized carbons (Fsp3) is 0.278. The predicted molar refractivity (Wildman–Crippen MR) is 93.7 cm³/mol. The Morgan fingerprint density at radius 3 is 2.61 bits per heavy atom. The van der Waals surface area contributed by atoms with E-state index in [9.17, 15) is 0 Å². The van der Waals surface area contributed by atoms with E-state index in [1.165, 1.54) is 0 Å². The first-order valence-corrected chi connectivity index (χ1v) is 7.93. The molecular formula is C18H22N4O. The molecule has 0 aliphatic heterocycles. The Bertz CT molecular complexity index is 782. The number of imidazole rings is 1. The van der Waals surface area contributed by atoms with Gasteiger partial charge in [0.1, 0.15) is 11.5 Å². The number of nitrogens with two attached hydrogens (primary N) is 2. The molecule has 0 fully saturated rings. The first-order chi connectivity index (χ1) is 11.2. The average Bonchev–Trinajstić information content (AvgIpc) is 2.89. The summed E-state index contributed by atoms with van der Waals surface area (Å²) in [6, 6.07) is 15.8. The number of hydrogen-bond donors (Lipinski definition) is 2. The standard InChI is InChI=1S/C18H22N4O/c1-2-13(10-11-19)22-17-12-15(8-9-16(17)21-18(22)20)23-14-6-4-3-5-7-14/h3-9,12-13H,2,10-11,19H2,1H3,(H2,20,21). The van der Waals surface area contributed by atoms with E-state index in [1.807, 2.05) is 48.5 Å². The maximum absolute atomic E-state index is 6.13. The van der Waals surface area contributed by atoms with Gasteiger partial charge in [-0.05, 0) is 43.7 Å². The summed E-state index contributed by atoms with van der Waals surface area (Å²) >= 11 is 0. The van der Waals surface area contributed by atoms with Crippen molar-refractivity contribution in [3.05, 3.63) is 48.5 Å². The molecule has 1 unspecified atom stereocenters. The van der Waals surface area contributed by atoms with Crippen molar-refractivity contribution in [2.45, 2.75) is 25.8 Å². The van der Waals surface area contributed by atoms with Crippen LogP contribution in [0.15, 0.2) is 48.5 Å². The molecule has 0 aliphatic rings. The minimum Gasteiger partial charge on any atom is -0.457 e. The summed E-state index contributed by atoms with van der Waals surface area (Å²) in [6.07, 6.45) is 1.83. The fourth-order valence-corrected chi connectivity index (χ4v) is 2.87. The summed E-state index contributed by atoms with van der Waals surface area (Å²) in [4.78, 5) is 4.46. The zero-order chi connectivity index (χ0) is 16.2. The van der Waals surface area contributed by atoms with Gasteiger partial charge in [0.15, 0.2) is 0 Å². The monoisotopic (exact) mass is 310 g/mol. The van der Waals surface area contributed by atoms with Crippen LogP contribution in [-0.4, -0.2) is 16.1 Å². The second-order valence-corrected chi connectivity index (χ2v) is 5.55. The highest BCUT2D eigenvalue weighted by Crippen LogP contribution is 2.30. The molecule has 0 spiro atoms. The Labute approximate surface area is 135 Å². The zero-order valence-electron chi connectivity index (χ0n) is 13.3. The molecule has 1 heterocycles. The largest absolute Gasteiger partial charge is 0.457 e. The van der Waals surface area contributed by atoms with E-state index in [0.29, 0.717) is 12.5 Å². The van der Waals surface area contributed by atoms with Crippen LogP contribution in [0.25, 0.3) is 11.0 Å². The quantitative estimate of drug-likeness (QED) is 0.727. The van der Waals surface area contributed by atoms with Crippen molar-refractivity contribution in [3.8, 4) is 11.5 Å². The summed E-state index contributed by atoms with van der Waals surface area (Å²) in [7, 11) is 0. The normalized spacial score (nSPS) is 12.4. The summed E-state index contributed by atoms with van der Waals surface area (Å²) < 4.78 is 7.99. The van der Waals surface area contributed by atoms with Gasteiger partial charge in [-0.3, -0.25) is 0 Å².